The van der Waals surface area contributed by atoms with Gasteiger partial charge in [-0.2, -0.15) is 0 Å². The van der Waals surface area contributed by atoms with Crippen molar-refractivity contribution in [1.29, 1.82) is 0 Å². The van der Waals surface area contributed by atoms with Crippen molar-refractivity contribution in [3.63, 3.8) is 0 Å². The molecular formula is C5H11NO2. The highest BCUT2D eigenvalue weighted by Crippen LogP contribution is 2.14. The molecule has 0 amide bonds. The zero-order valence-corrected chi connectivity index (χ0v) is 5.22. The van der Waals surface area contributed by atoms with Gasteiger partial charge in [0, 0.05) is 0 Å². The van der Waals surface area contributed by atoms with Crippen LogP contribution in [0, 0.1) is 4.91 Å². The topological polar surface area (TPSA) is 49.7 Å². The Kier molecular flexibility index (Phi) is 2.62. The van der Waals surface area contributed by atoms with Gasteiger partial charge in [0.15, 0.2) is 5.72 Å². The zero-order chi connectivity index (χ0) is 6.62. The molecule has 0 unspecified atom stereocenters. The number of nitrogens with zero attached hydrogens (tertiary/aromatic N) is 1. The van der Waals surface area contributed by atoms with Crippen molar-refractivity contribution >= 4 is 0 Å². The lowest BCUT2D eigenvalue weighted by Crippen LogP contribution is -2.21. The van der Waals surface area contributed by atoms with Gasteiger partial charge in [0.05, 0.1) is 0 Å². The van der Waals surface area contributed by atoms with Crippen molar-refractivity contribution in [3.8, 4) is 0 Å². The van der Waals surface area contributed by atoms with Crippen LogP contribution in [0.5, 0.6) is 0 Å². The van der Waals surface area contributed by atoms with E-state index in [-0.39, 0.29) is 0 Å². The molecule has 8 heavy (non-hydrogen) atoms. The van der Waals surface area contributed by atoms with Crippen LogP contribution in [0.2, 0.25) is 0 Å². The predicted octanol–water partition coefficient (Wildman–Crippen LogP) is 1.26. The second-order valence-corrected chi connectivity index (χ2v) is 1.78. The maximum atomic E-state index is 9.79. The van der Waals surface area contributed by atoms with Crippen LogP contribution in [0.4, 0.5) is 0 Å². The standard InChI is InChI=1S/C5H11NO2/c1-3-5(7,4-2)6-8/h7H,3-4H2,1-2H3. The van der Waals surface area contributed by atoms with Crippen LogP contribution in [0.15, 0.2) is 5.18 Å². The molecule has 48 valence electrons. The highest BCUT2D eigenvalue weighted by molar-refractivity contribution is 4.69. The van der Waals surface area contributed by atoms with Gasteiger partial charge < -0.3 is 5.11 Å². The van der Waals surface area contributed by atoms with Crippen LogP contribution in [0.1, 0.15) is 26.7 Å². The second kappa shape index (κ2) is 2.77. The summed E-state index contributed by atoms with van der Waals surface area (Å²) in [7, 11) is 0. The molecule has 0 aromatic rings. The smallest absolute Gasteiger partial charge is 0.196 e. The SMILES string of the molecule is CCC(O)(CC)N=O. The zero-order valence-electron chi connectivity index (χ0n) is 5.22. The summed E-state index contributed by atoms with van der Waals surface area (Å²) in [6.07, 6.45) is 0.792. The molecule has 3 nitrogen and oxygen atoms in total. The van der Waals surface area contributed by atoms with Crippen molar-refractivity contribution in [2.75, 3.05) is 0 Å². The molecule has 0 saturated carbocycles. The summed E-state index contributed by atoms with van der Waals surface area (Å²) < 4.78 is 0. The van der Waals surface area contributed by atoms with E-state index in [0.29, 0.717) is 12.8 Å². The van der Waals surface area contributed by atoms with E-state index in [1.54, 1.807) is 13.8 Å². The van der Waals surface area contributed by atoms with Crippen LogP contribution in [0.25, 0.3) is 0 Å². The molecule has 0 fully saturated rings. The molecule has 0 heterocycles. The van der Waals surface area contributed by atoms with E-state index in [4.69, 9.17) is 5.11 Å². The Hall–Kier alpha value is -0.440. The fraction of sp³-hybridized carbons (Fsp3) is 1.00. The molecular weight excluding hydrogens is 106 g/mol. The van der Waals surface area contributed by atoms with Gasteiger partial charge in [-0.1, -0.05) is 13.8 Å². The van der Waals surface area contributed by atoms with Gasteiger partial charge in [-0.15, -0.1) is 4.91 Å². The predicted molar refractivity (Wildman–Crippen MR) is 31.3 cm³/mol. The Morgan fingerprint density at radius 2 is 1.88 bits per heavy atom. The molecule has 0 atom stereocenters. The Morgan fingerprint density at radius 3 is 1.88 bits per heavy atom. The lowest BCUT2D eigenvalue weighted by Gasteiger charge is -2.13. The first-order valence-corrected chi connectivity index (χ1v) is 2.75. The number of nitroso groups, excluding NO2 is 1. The lowest BCUT2D eigenvalue weighted by atomic mass is 10.1. The third kappa shape index (κ3) is 1.58. The minimum atomic E-state index is -1.31. The van der Waals surface area contributed by atoms with Crippen LogP contribution < -0.4 is 0 Å². The Morgan fingerprint density at radius 1 is 1.50 bits per heavy atom. The van der Waals surface area contributed by atoms with Gasteiger partial charge in [-0.25, -0.2) is 0 Å². The molecule has 0 aromatic carbocycles. The quantitative estimate of drug-likeness (QED) is 0.566. The average molecular weight is 117 g/mol. The Labute approximate surface area is 48.7 Å². The van der Waals surface area contributed by atoms with E-state index < -0.39 is 5.72 Å². The highest BCUT2D eigenvalue weighted by Gasteiger charge is 2.21. The molecule has 0 radical (unpaired) electrons. The summed E-state index contributed by atoms with van der Waals surface area (Å²) in [5, 5.41) is 11.5. The molecule has 0 bridgehead atoms. The van der Waals surface area contributed by atoms with Crippen molar-refractivity contribution in [1.82, 2.24) is 0 Å². The van der Waals surface area contributed by atoms with Crippen molar-refractivity contribution in [2.24, 2.45) is 5.18 Å². The Balaban J connectivity index is 3.76. The van der Waals surface area contributed by atoms with Crippen LogP contribution in [-0.4, -0.2) is 10.8 Å². The summed E-state index contributed by atoms with van der Waals surface area (Å²) in [6, 6.07) is 0. The number of rotatable bonds is 3. The fourth-order valence-corrected chi connectivity index (χ4v) is 0.379. The van der Waals surface area contributed by atoms with E-state index >= 15 is 0 Å². The molecule has 0 rings (SSSR count). The Bertz CT molecular complexity index is 78.5. The normalized spacial score (nSPS) is 11.4. The van der Waals surface area contributed by atoms with Gasteiger partial charge in [-0.3, -0.25) is 0 Å². The third-order valence-electron chi connectivity index (χ3n) is 1.30. The van der Waals surface area contributed by atoms with Crippen LogP contribution >= 0.6 is 0 Å². The number of hydrogen-bond acceptors (Lipinski definition) is 3. The molecule has 0 aliphatic rings. The van der Waals surface area contributed by atoms with Crippen LogP contribution in [0.3, 0.4) is 0 Å². The van der Waals surface area contributed by atoms with Crippen molar-refractivity contribution in [3.05, 3.63) is 4.91 Å². The molecule has 0 saturated heterocycles. The third-order valence-corrected chi connectivity index (χ3v) is 1.30. The molecule has 0 spiro atoms. The van der Waals surface area contributed by atoms with Gasteiger partial charge in [-0.05, 0) is 18.0 Å². The minimum Gasteiger partial charge on any atom is -0.366 e. The minimum absolute atomic E-state index is 0.396. The largest absolute Gasteiger partial charge is 0.366 e. The summed E-state index contributed by atoms with van der Waals surface area (Å²) in [5.41, 5.74) is -1.31. The molecule has 3 heteroatoms. The van der Waals surface area contributed by atoms with Gasteiger partial charge in [0.2, 0.25) is 0 Å². The van der Waals surface area contributed by atoms with E-state index in [0.717, 1.165) is 0 Å². The van der Waals surface area contributed by atoms with E-state index in [1.165, 1.54) is 0 Å². The maximum absolute atomic E-state index is 9.79. The number of aliphatic hydroxyl groups is 1. The van der Waals surface area contributed by atoms with Gasteiger partial charge in [0.1, 0.15) is 0 Å². The average Bonchev–Trinajstić information content (AvgIpc) is 1.87. The summed E-state index contributed by atoms with van der Waals surface area (Å²) >= 11 is 0. The summed E-state index contributed by atoms with van der Waals surface area (Å²) in [5.74, 6) is 0. The first kappa shape index (κ1) is 7.56. The van der Waals surface area contributed by atoms with E-state index in [9.17, 15) is 4.91 Å². The van der Waals surface area contributed by atoms with Crippen molar-refractivity contribution in [2.45, 2.75) is 32.4 Å². The highest BCUT2D eigenvalue weighted by atomic mass is 16.4. The van der Waals surface area contributed by atoms with Gasteiger partial charge >= 0.3 is 0 Å². The molecule has 0 aromatic heterocycles. The first-order valence-electron chi connectivity index (χ1n) is 2.75. The summed E-state index contributed by atoms with van der Waals surface area (Å²) in [4.78, 5) is 9.79. The van der Waals surface area contributed by atoms with E-state index in [2.05, 4.69) is 5.18 Å². The summed E-state index contributed by atoms with van der Waals surface area (Å²) in [6.45, 7) is 3.45. The van der Waals surface area contributed by atoms with E-state index in [1.807, 2.05) is 0 Å². The van der Waals surface area contributed by atoms with Gasteiger partial charge in [0.25, 0.3) is 0 Å². The second-order valence-electron chi connectivity index (χ2n) is 1.78. The monoisotopic (exact) mass is 117 g/mol. The fourth-order valence-electron chi connectivity index (χ4n) is 0.379. The number of hydrogen-bond donors (Lipinski definition) is 1. The molecule has 0 aliphatic heterocycles. The maximum Gasteiger partial charge on any atom is 0.196 e. The molecule has 1 N–H and O–H groups in total. The lowest BCUT2D eigenvalue weighted by molar-refractivity contribution is 0.0400. The van der Waals surface area contributed by atoms with Crippen molar-refractivity contribution < 1.29 is 5.11 Å². The molecule has 0 aliphatic carbocycles. The van der Waals surface area contributed by atoms with Crippen LogP contribution in [-0.2, 0) is 0 Å². The first-order chi connectivity index (χ1) is 3.68.